The molecule has 0 bridgehead atoms. The van der Waals surface area contributed by atoms with Crippen LogP contribution in [0.25, 0.3) is 0 Å². The van der Waals surface area contributed by atoms with E-state index in [0.717, 1.165) is 25.3 Å². The van der Waals surface area contributed by atoms with Crippen molar-refractivity contribution >= 4 is 12.1 Å². The summed E-state index contributed by atoms with van der Waals surface area (Å²) < 4.78 is 43.5. The number of alkyl halides is 3. The molecule has 170 valence electrons. The third kappa shape index (κ3) is 3.51. The number of hydrogen-bond donors (Lipinski definition) is 1. The Hall–Kier alpha value is -3.03. The molecule has 1 saturated carbocycles. The summed E-state index contributed by atoms with van der Waals surface area (Å²) in [6.07, 6.45) is -0.603. The van der Waals surface area contributed by atoms with Crippen LogP contribution in [-0.4, -0.2) is 65.2 Å². The van der Waals surface area contributed by atoms with Crippen LogP contribution in [0.4, 0.5) is 22.8 Å². The first-order chi connectivity index (χ1) is 15.1. The average Bonchev–Trinajstić information content (AvgIpc) is 3.29. The van der Waals surface area contributed by atoms with Crippen LogP contribution in [-0.2, 0) is 17.3 Å². The number of ether oxygens (including phenoxy) is 1. The second-order valence-corrected chi connectivity index (χ2v) is 9.63. The molecule has 0 radical (unpaired) electrons. The highest BCUT2D eigenvalue weighted by Crippen LogP contribution is 2.49. The van der Waals surface area contributed by atoms with Gasteiger partial charge in [0.15, 0.2) is 0 Å². The first-order valence-electron chi connectivity index (χ1n) is 10.6. The number of carbonyl (C=O) groups excluding carboxylic acids is 2. The molecular weight excluding hydrogens is 427 g/mol. The van der Waals surface area contributed by atoms with E-state index in [1.54, 1.807) is 4.90 Å². The van der Waals surface area contributed by atoms with E-state index in [-0.39, 0.29) is 29.5 Å². The smallest absolute Gasteiger partial charge is 0.433 e. The Morgan fingerprint density at radius 2 is 2.03 bits per heavy atom. The summed E-state index contributed by atoms with van der Waals surface area (Å²) in [5, 5.41) is 12.0. The number of likely N-dealkylation sites (tertiary alicyclic amines) is 2. The summed E-state index contributed by atoms with van der Waals surface area (Å²) in [6, 6.07) is 2.65. The van der Waals surface area contributed by atoms with Crippen LogP contribution in [0.2, 0.25) is 0 Å². The van der Waals surface area contributed by atoms with Gasteiger partial charge in [-0.05, 0) is 43.2 Å². The third-order valence-electron chi connectivity index (χ3n) is 7.14. The minimum atomic E-state index is -4.57. The van der Waals surface area contributed by atoms with E-state index in [9.17, 15) is 28.0 Å². The maximum atomic E-state index is 12.9. The fourth-order valence-corrected chi connectivity index (χ4v) is 5.59. The number of carbonyl (C=O) groups is 2. The van der Waals surface area contributed by atoms with Crippen molar-refractivity contribution in [2.45, 2.75) is 37.4 Å². The molecule has 3 saturated heterocycles. The van der Waals surface area contributed by atoms with Gasteiger partial charge in [-0.25, -0.2) is 9.59 Å². The van der Waals surface area contributed by atoms with Crippen LogP contribution in [0.15, 0.2) is 12.3 Å². The Bertz CT molecular complexity index is 1010. The van der Waals surface area contributed by atoms with Crippen LogP contribution in [0.5, 0.6) is 0 Å². The lowest BCUT2D eigenvalue weighted by molar-refractivity contribution is -0.141. The Labute approximate surface area is 182 Å². The summed E-state index contributed by atoms with van der Waals surface area (Å²) in [5.41, 5.74) is -0.887. The van der Waals surface area contributed by atoms with Gasteiger partial charge >= 0.3 is 18.3 Å². The SMILES string of the molecule is N#Cc1cc(C(F)(F)F)ncc1CC1CCC2(C1)CN(C(=O)N1CC3(COC(=O)N3)C1)C2. The molecular formula is C21H22F3N5O3. The topological polar surface area (TPSA) is 98.6 Å². The van der Waals surface area contributed by atoms with Gasteiger partial charge in [0.2, 0.25) is 0 Å². The maximum absolute atomic E-state index is 12.9. The molecule has 1 N–H and O–H groups in total. The molecule has 4 heterocycles. The summed E-state index contributed by atoms with van der Waals surface area (Å²) in [5.74, 6) is 0.246. The van der Waals surface area contributed by atoms with Gasteiger partial charge in [-0.15, -0.1) is 0 Å². The first-order valence-corrected chi connectivity index (χ1v) is 10.6. The number of aromatic nitrogens is 1. The predicted molar refractivity (Wildman–Crippen MR) is 103 cm³/mol. The Morgan fingerprint density at radius 1 is 1.31 bits per heavy atom. The molecule has 2 spiro atoms. The summed E-state index contributed by atoms with van der Waals surface area (Å²) in [4.78, 5) is 31.0. The van der Waals surface area contributed by atoms with Gasteiger partial charge in [-0.3, -0.25) is 4.98 Å². The summed E-state index contributed by atoms with van der Waals surface area (Å²) in [6.45, 7) is 2.49. The number of cyclic esters (lactones) is 1. The summed E-state index contributed by atoms with van der Waals surface area (Å²) >= 11 is 0. The van der Waals surface area contributed by atoms with E-state index in [1.165, 1.54) is 6.20 Å². The van der Waals surface area contributed by atoms with Crippen molar-refractivity contribution in [1.29, 1.82) is 5.26 Å². The number of alkyl carbamates (subject to hydrolysis) is 1. The number of rotatable bonds is 2. The van der Waals surface area contributed by atoms with Crippen LogP contribution >= 0.6 is 0 Å². The summed E-state index contributed by atoms with van der Waals surface area (Å²) in [7, 11) is 0. The lowest BCUT2D eigenvalue weighted by atomic mass is 9.77. The molecule has 3 amide bonds. The van der Waals surface area contributed by atoms with E-state index in [4.69, 9.17) is 4.74 Å². The molecule has 11 heteroatoms. The number of amides is 3. The van der Waals surface area contributed by atoms with Crippen LogP contribution in [0.1, 0.15) is 36.1 Å². The monoisotopic (exact) mass is 449 g/mol. The van der Waals surface area contributed by atoms with Crippen molar-refractivity contribution in [2.24, 2.45) is 11.3 Å². The number of urea groups is 1. The number of pyridine rings is 1. The van der Waals surface area contributed by atoms with E-state index in [1.807, 2.05) is 11.0 Å². The van der Waals surface area contributed by atoms with Gasteiger partial charge in [0.05, 0.1) is 24.7 Å². The van der Waals surface area contributed by atoms with Crippen molar-refractivity contribution < 1.29 is 27.5 Å². The van der Waals surface area contributed by atoms with E-state index < -0.39 is 23.5 Å². The van der Waals surface area contributed by atoms with Gasteiger partial charge in [0.1, 0.15) is 17.8 Å². The zero-order chi connectivity index (χ0) is 22.7. The van der Waals surface area contributed by atoms with E-state index >= 15 is 0 Å². The van der Waals surface area contributed by atoms with Crippen molar-refractivity contribution in [2.75, 3.05) is 32.8 Å². The molecule has 4 fully saturated rings. The van der Waals surface area contributed by atoms with Crippen molar-refractivity contribution in [3.8, 4) is 6.07 Å². The molecule has 0 aromatic carbocycles. The third-order valence-corrected chi connectivity index (χ3v) is 7.14. The normalized spacial score (nSPS) is 25.2. The number of nitriles is 1. The highest BCUT2D eigenvalue weighted by atomic mass is 19.4. The Morgan fingerprint density at radius 3 is 2.66 bits per heavy atom. The highest BCUT2D eigenvalue weighted by Gasteiger charge is 2.55. The molecule has 1 aromatic rings. The Balaban J connectivity index is 1.14. The van der Waals surface area contributed by atoms with E-state index in [0.29, 0.717) is 38.2 Å². The zero-order valence-electron chi connectivity index (χ0n) is 17.2. The zero-order valence-corrected chi connectivity index (χ0v) is 17.2. The fourth-order valence-electron chi connectivity index (χ4n) is 5.59. The second-order valence-electron chi connectivity index (χ2n) is 9.63. The van der Waals surface area contributed by atoms with Gasteiger partial charge in [0, 0.05) is 24.7 Å². The Kier molecular flexibility index (Phi) is 4.55. The fraction of sp³-hybridized carbons (Fsp3) is 0.619. The van der Waals surface area contributed by atoms with Crippen molar-refractivity contribution in [3.63, 3.8) is 0 Å². The lowest BCUT2D eigenvalue weighted by Gasteiger charge is -2.54. The predicted octanol–water partition coefficient (Wildman–Crippen LogP) is 2.53. The lowest BCUT2D eigenvalue weighted by Crippen LogP contribution is -2.73. The van der Waals surface area contributed by atoms with Crippen molar-refractivity contribution in [1.82, 2.24) is 20.1 Å². The molecule has 5 rings (SSSR count). The molecule has 4 aliphatic rings. The van der Waals surface area contributed by atoms with Crippen LogP contribution in [0.3, 0.4) is 0 Å². The number of hydrogen-bond acceptors (Lipinski definition) is 5. The molecule has 8 nitrogen and oxygen atoms in total. The van der Waals surface area contributed by atoms with E-state index in [2.05, 4.69) is 10.3 Å². The van der Waals surface area contributed by atoms with Gasteiger partial charge in [0.25, 0.3) is 0 Å². The van der Waals surface area contributed by atoms with Crippen molar-refractivity contribution in [3.05, 3.63) is 29.1 Å². The molecule has 1 unspecified atom stereocenters. The molecule has 3 aliphatic heterocycles. The number of nitrogens with one attached hydrogen (secondary N) is 1. The van der Waals surface area contributed by atoms with Crippen LogP contribution in [0, 0.1) is 22.7 Å². The molecule has 1 aliphatic carbocycles. The maximum Gasteiger partial charge on any atom is 0.433 e. The molecule has 1 aromatic heterocycles. The van der Waals surface area contributed by atoms with Gasteiger partial charge in [-0.1, -0.05) is 0 Å². The number of halogens is 3. The average molecular weight is 449 g/mol. The molecule has 1 atom stereocenters. The largest absolute Gasteiger partial charge is 0.447 e. The second kappa shape index (κ2) is 6.98. The standard InChI is InChI=1S/C21H22F3N5O3/c22-21(23,24)16-4-14(6-25)15(7-26-16)3-13-1-2-19(5-13)8-28(9-19)18(31)29-10-20(11-29)12-32-17(30)27-20/h4,7,13H,1-3,5,8-12H2,(H,27,30). The highest BCUT2D eigenvalue weighted by molar-refractivity contribution is 5.78. The molecule has 32 heavy (non-hydrogen) atoms. The minimum absolute atomic E-state index is 0.0217. The van der Waals surface area contributed by atoms with Gasteiger partial charge < -0.3 is 19.9 Å². The quantitative estimate of drug-likeness (QED) is 0.748. The first kappa shape index (κ1) is 20.8. The van der Waals surface area contributed by atoms with Gasteiger partial charge in [-0.2, -0.15) is 18.4 Å². The minimum Gasteiger partial charge on any atom is -0.447 e. The van der Waals surface area contributed by atoms with Crippen LogP contribution < -0.4 is 5.32 Å². The number of nitrogens with zero attached hydrogens (tertiary/aromatic N) is 4.